The lowest BCUT2D eigenvalue weighted by Gasteiger charge is -2.07. The van der Waals surface area contributed by atoms with Gasteiger partial charge in [-0.05, 0) is 60.9 Å². The number of nitrogens with zero attached hydrogens (tertiary/aromatic N) is 1. The van der Waals surface area contributed by atoms with Gasteiger partial charge in [0.2, 0.25) is 0 Å². The Morgan fingerprint density at radius 3 is 2.38 bits per heavy atom. The molecule has 0 saturated carbocycles. The number of nitrogens with one attached hydrogen (secondary N) is 1. The smallest absolute Gasteiger partial charge is 0.348 e. The number of thiazole rings is 1. The van der Waals surface area contributed by atoms with Crippen molar-refractivity contribution in [2.24, 2.45) is 0 Å². The van der Waals surface area contributed by atoms with Crippen molar-refractivity contribution in [2.75, 3.05) is 18.7 Å². The molecule has 0 bridgehead atoms. The Labute approximate surface area is 213 Å². The fraction of sp³-hybridized carbons (Fsp3) is 0.0909. The number of hydrogen-bond acceptors (Lipinski definition) is 8. The predicted molar refractivity (Wildman–Crippen MR) is 140 cm³/mol. The molecule has 2 aromatic carbocycles. The van der Waals surface area contributed by atoms with Crippen LogP contribution in [0.4, 0.5) is 10.8 Å². The van der Waals surface area contributed by atoms with Gasteiger partial charge in [-0.25, -0.2) is 9.78 Å². The van der Waals surface area contributed by atoms with E-state index in [4.69, 9.17) is 21.1 Å². The summed E-state index contributed by atoms with van der Waals surface area (Å²) in [5.74, 6) is 1.12. The van der Waals surface area contributed by atoms with Crippen LogP contribution in [0.2, 0.25) is 5.02 Å². The monoisotopic (exact) mass is 568 g/mol. The van der Waals surface area contributed by atoms with Crippen LogP contribution in [-0.4, -0.2) is 24.3 Å². The first-order chi connectivity index (χ1) is 15.1. The molecule has 0 spiro atoms. The Morgan fingerprint density at radius 2 is 1.75 bits per heavy atom. The highest BCUT2D eigenvalue weighted by atomic mass is 79.9. The van der Waals surface area contributed by atoms with Crippen molar-refractivity contribution in [3.63, 3.8) is 0 Å². The third-order valence-electron chi connectivity index (χ3n) is 4.21. The number of thiophene rings is 1. The summed E-state index contributed by atoms with van der Waals surface area (Å²) in [5, 5.41) is 6.72. The van der Waals surface area contributed by atoms with E-state index in [2.05, 4.69) is 10.3 Å². The summed E-state index contributed by atoms with van der Waals surface area (Å²) in [6, 6.07) is 16.7. The molecule has 0 aliphatic heterocycles. The summed E-state index contributed by atoms with van der Waals surface area (Å²) in [6.07, 6.45) is 1.98. The molecule has 0 atom stereocenters. The molecule has 0 saturated heterocycles. The highest BCUT2D eigenvalue weighted by Gasteiger charge is 2.18. The summed E-state index contributed by atoms with van der Waals surface area (Å²) in [4.78, 5) is 17.1. The third kappa shape index (κ3) is 5.85. The Balaban J connectivity index is 0.00000289. The van der Waals surface area contributed by atoms with Crippen LogP contribution >= 0.6 is 63.0 Å². The molecule has 0 aliphatic carbocycles. The molecule has 4 rings (SSSR count). The molecule has 32 heavy (non-hydrogen) atoms. The number of hydrogen-bond donors (Lipinski definition) is 1. The van der Waals surface area contributed by atoms with Gasteiger partial charge in [0, 0.05) is 21.7 Å². The van der Waals surface area contributed by atoms with Gasteiger partial charge >= 0.3 is 5.97 Å². The number of esters is 1. The molecule has 0 amide bonds. The van der Waals surface area contributed by atoms with E-state index in [0.717, 1.165) is 37.8 Å². The fourth-order valence-corrected chi connectivity index (χ4v) is 5.39. The minimum absolute atomic E-state index is 0. The quantitative estimate of drug-likeness (QED) is 0.179. The van der Waals surface area contributed by atoms with Crippen LogP contribution < -0.4 is 10.1 Å². The van der Waals surface area contributed by atoms with Gasteiger partial charge in [-0.2, -0.15) is 0 Å². The molecule has 1 N–H and O–H groups in total. The second-order valence-corrected chi connectivity index (χ2v) is 9.67. The number of thioether (sulfide) groups is 1. The zero-order valence-electron chi connectivity index (χ0n) is 17.0. The topological polar surface area (TPSA) is 60.5 Å². The van der Waals surface area contributed by atoms with E-state index >= 15 is 0 Å². The molecular weight excluding hydrogens is 552 g/mol. The second kappa shape index (κ2) is 11.2. The van der Waals surface area contributed by atoms with E-state index in [9.17, 15) is 4.79 Å². The van der Waals surface area contributed by atoms with Crippen molar-refractivity contribution < 1.29 is 14.3 Å². The van der Waals surface area contributed by atoms with Gasteiger partial charge < -0.3 is 14.8 Å². The Bertz CT molecular complexity index is 1190. The van der Waals surface area contributed by atoms with Crippen molar-refractivity contribution in [1.29, 1.82) is 0 Å². The minimum Gasteiger partial charge on any atom is -0.465 e. The minimum atomic E-state index is -0.332. The predicted octanol–water partition coefficient (Wildman–Crippen LogP) is 8.15. The van der Waals surface area contributed by atoms with Gasteiger partial charge in [-0.1, -0.05) is 11.6 Å². The van der Waals surface area contributed by atoms with E-state index in [-0.39, 0.29) is 23.0 Å². The molecule has 4 aromatic rings. The van der Waals surface area contributed by atoms with Crippen LogP contribution in [0.5, 0.6) is 11.5 Å². The number of benzene rings is 2. The van der Waals surface area contributed by atoms with Crippen molar-refractivity contribution in [3.8, 4) is 22.8 Å². The standard InChI is InChI=1S/C22H17ClN2O3S3.BrH/c1-27-20(26)19-11-17(21(29-2)31-19)18-12-30-22(25-18)24-14-5-9-16(10-6-14)28-15-7-3-13(23)4-8-15;/h3-12H,1-2H3,(H,24,25);1H. The van der Waals surface area contributed by atoms with Gasteiger partial charge in [-0.3, -0.25) is 0 Å². The van der Waals surface area contributed by atoms with E-state index in [0.29, 0.717) is 9.90 Å². The van der Waals surface area contributed by atoms with E-state index in [1.807, 2.05) is 54.1 Å². The highest BCUT2D eigenvalue weighted by Crippen LogP contribution is 2.39. The van der Waals surface area contributed by atoms with Crippen LogP contribution in [0.15, 0.2) is 64.2 Å². The SMILES string of the molecule is Br.COC(=O)c1cc(-c2csc(Nc3ccc(Oc4ccc(Cl)cc4)cc3)n2)c(SC)s1. The van der Waals surface area contributed by atoms with Gasteiger partial charge in [0.15, 0.2) is 5.13 Å². The number of methoxy groups -OCH3 is 1. The van der Waals surface area contributed by atoms with Gasteiger partial charge in [-0.15, -0.1) is 51.4 Å². The van der Waals surface area contributed by atoms with Crippen molar-refractivity contribution in [2.45, 2.75) is 4.21 Å². The molecule has 166 valence electrons. The molecule has 0 fully saturated rings. The lowest BCUT2D eigenvalue weighted by Crippen LogP contribution is -1.96. The molecule has 10 heteroatoms. The lowest BCUT2D eigenvalue weighted by molar-refractivity contribution is 0.0606. The molecule has 0 aliphatic rings. The maximum absolute atomic E-state index is 11.9. The number of aromatic nitrogens is 1. The zero-order valence-corrected chi connectivity index (χ0v) is 21.9. The van der Waals surface area contributed by atoms with Crippen molar-refractivity contribution >= 4 is 79.8 Å². The first-order valence-electron chi connectivity index (χ1n) is 9.08. The van der Waals surface area contributed by atoms with Gasteiger partial charge in [0.25, 0.3) is 0 Å². The average Bonchev–Trinajstić information content (AvgIpc) is 3.43. The molecule has 0 radical (unpaired) electrons. The zero-order chi connectivity index (χ0) is 21.8. The van der Waals surface area contributed by atoms with Crippen molar-refractivity contribution in [1.82, 2.24) is 4.98 Å². The van der Waals surface area contributed by atoms with Crippen LogP contribution in [0.3, 0.4) is 0 Å². The first-order valence-corrected chi connectivity index (χ1v) is 12.4. The molecule has 0 unspecified atom stereocenters. The average molecular weight is 570 g/mol. The summed E-state index contributed by atoms with van der Waals surface area (Å²) in [7, 11) is 1.39. The second-order valence-electron chi connectivity index (χ2n) is 6.25. The summed E-state index contributed by atoms with van der Waals surface area (Å²) in [6.45, 7) is 0. The number of carbonyl (C=O) groups is 1. The first kappa shape index (κ1) is 24.6. The third-order valence-corrected chi connectivity index (χ3v) is 7.47. The molecular formula is C22H18BrClN2O3S3. The Morgan fingerprint density at radius 1 is 1.09 bits per heavy atom. The largest absolute Gasteiger partial charge is 0.465 e. The number of halogens is 2. The molecule has 2 heterocycles. The Hall–Kier alpha value is -2.04. The highest BCUT2D eigenvalue weighted by molar-refractivity contribution is 8.93. The number of anilines is 2. The van der Waals surface area contributed by atoms with Crippen LogP contribution in [0.1, 0.15) is 9.67 Å². The Kier molecular flexibility index (Phi) is 8.61. The van der Waals surface area contributed by atoms with Crippen LogP contribution in [0.25, 0.3) is 11.3 Å². The number of ether oxygens (including phenoxy) is 2. The van der Waals surface area contributed by atoms with Crippen LogP contribution in [-0.2, 0) is 4.74 Å². The van der Waals surface area contributed by atoms with E-state index in [1.54, 1.807) is 23.9 Å². The van der Waals surface area contributed by atoms with Gasteiger partial charge in [0.1, 0.15) is 16.4 Å². The lowest BCUT2D eigenvalue weighted by atomic mass is 10.2. The van der Waals surface area contributed by atoms with E-state index < -0.39 is 0 Å². The number of rotatable bonds is 7. The summed E-state index contributed by atoms with van der Waals surface area (Å²) >= 11 is 10.4. The summed E-state index contributed by atoms with van der Waals surface area (Å²) in [5.41, 5.74) is 2.66. The fourth-order valence-electron chi connectivity index (χ4n) is 2.73. The molecule has 5 nitrogen and oxygen atoms in total. The normalized spacial score (nSPS) is 10.3. The number of carbonyl (C=O) groups excluding carboxylic acids is 1. The maximum Gasteiger partial charge on any atom is 0.348 e. The molecule has 2 aromatic heterocycles. The van der Waals surface area contributed by atoms with E-state index in [1.165, 1.54) is 29.8 Å². The summed E-state index contributed by atoms with van der Waals surface area (Å²) < 4.78 is 11.7. The van der Waals surface area contributed by atoms with Gasteiger partial charge in [0.05, 0.1) is 17.0 Å². The maximum atomic E-state index is 11.9. The van der Waals surface area contributed by atoms with Crippen molar-refractivity contribution in [3.05, 3.63) is 69.9 Å². The van der Waals surface area contributed by atoms with Crippen LogP contribution in [0, 0.1) is 0 Å².